The van der Waals surface area contributed by atoms with E-state index in [4.69, 9.17) is 4.74 Å². The Balaban J connectivity index is 1.43. The normalized spacial score (nSPS) is 15.6. The molecule has 0 spiro atoms. The molecule has 1 fully saturated rings. The first kappa shape index (κ1) is 24.1. The highest BCUT2D eigenvalue weighted by molar-refractivity contribution is 7.90. The molecular formula is C22H25F3N2O4S. The molecule has 1 saturated heterocycles. The van der Waals surface area contributed by atoms with Crippen molar-refractivity contribution in [1.29, 1.82) is 0 Å². The molecule has 1 aliphatic heterocycles. The molecule has 0 aromatic heterocycles. The van der Waals surface area contributed by atoms with E-state index in [1.807, 2.05) is 0 Å². The highest BCUT2D eigenvalue weighted by Crippen LogP contribution is 2.32. The van der Waals surface area contributed by atoms with Crippen molar-refractivity contribution in [1.82, 2.24) is 9.80 Å². The van der Waals surface area contributed by atoms with Gasteiger partial charge in [-0.1, -0.05) is 12.1 Å². The number of hydrogen-bond donors (Lipinski definition) is 0. The number of amides is 1. The second-order valence-corrected chi connectivity index (χ2v) is 9.64. The second-order valence-electron chi connectivity index (χ2n) is 7.62. The first-order valence-electron chi connectivity index (χ1n) is 10.2. The van der Waals surface area contributed by atoms with Gasteiger partial charge in [0.15, 0.2) is 9.84 Å². The predicted octanol–water partition coefficient (Wildman–Crippen LogP) is 3.34. The van der Waals surface area contributed by atoms with Crippen LogP contribution in [0.2, 0.25) is 0 Å². The number of carbonyl (C=O) groups is 1. The van der Waals surface area contributed by atoms with Crippen molar-refractivity contribution in [2.75, 3.05) is 45.6 Å². The summed E-state index contributed by atoms with van der Waals surface area (Å²) < 4.78 is 68.1. The lowest BCUT2D eigenvalue weighted by Gasteiger charge is -2.35. The SMILES string of the molecule is CS(=O)(=O)c1ccc(OCCCN2CCN(C(=O)c3ccccc3C(F)(F)F)CC2)cc1. The van der Waals surface area contributed by atoms with Crippen LogP contribution in [0.15, 0.2) is 53.4 Å². The summed E-state index contributed by atoms with van der Waals surface area (Å²) in [5.41, 5.74) is -1.22. The lowest BCUT2D eigenvalue weighted by molar-refractivity contribution is -0.138. The van der Waals surface area contributed by atoms with Gasteiger partial charge in [-0.15, -0.1) is 0 Å². The van der Waals surface area contributed by atoms with Crippen molar-refractivity contribution in [3.05, 3.63) is 59.7 Å². The predicted molar refractivity (Wildman–Crippen MR) is 113 cm³/mol. The Labute approximate surface area is 185 Å². The van der Waals surface area contributed by atoms with Gasteiger partial charge < -0.3 is 9.64 Å². The number of ether oxygens (including phenoxy) is 1. The summed E-state index contributed by atoms with van der Waals surface area (Å²) >= 11 is 0. The molecule has 0 atom stereocenters. The molecule has 174 valence electrons. The molecule has 0 saturated carbocycles. The molecule has 2 aromatic rings. The van der Waals surface area contributed by atoms with Crippen LogP contribution in [-0.4, -0.2) is 69.7 Å². The third-order valence-electron chi connectivity index (χ3n) is 5.26. The minimum atomic E-state index is -4.57. The summed E-state index contributed by atoms with van der Waals surface area (Å²) in [5, 5.41) is 0. The fourth-order valence-electron chi connectivity index (χ4n) is 3.52. The Bertz CT molecular complexity index is 1030. The van der Waals surface area contributed by atoms with Crippen molar-refractivity contribution < 1.29 is 31.1 Å². The van der Waals surface area contributed by atoms with Crippen LogP contribution in [0.1, 0.15) is 22.3 Å². The smallest absolute Gasteiger partial charge is 0.417 e. The highest BCUT2D eigenvalue weighted by Gasteiger charge is 2.36. The first-order valence-corrected chi connectivity index (χ1v) is 12.1. The number of nitrogens with zero attached hydrogens (tertiary/aromatic N) is 2. The van der Waals surface area contributed by atoms with Crippen LogP contribution in [0.3, 0.4) is 0 Å². The molecule has 0 bridgehead atoms. The molecule has 0 aliphatic carbocycles. The van der Waals surface area contributed by atoms with E-state index in [1.54, 1.807) is 12.1 Å². The number of piperazine rings is 1. The van der Waals surface area contributed by atoms with Gasteiger partial charge in [0.05, 0.1) is 22.6 Å². The third kappa shape index (κ3) is 6.23. The molecule has 6 nitrogen and oxygen atoms in total. The zero-order chi connectivity index (χ0) is 23.4. The Hall–Kier alpha value is -2.59. The maximum Gasteiger partial charge on any atom is 0.417 e. The molecule has 0 N–H and O–H groups in total. The molecule has 32 heavy (non-hydrogen) atoms. The molecule has 2 aromatic carbocycles. The van der Waals surface area contributed by atoms with E-state index < -0.39 is 27.5 Å². The van der Waals surface area contributed by atoms with Crippen molar-refractivity contribution in [3.8, 4) is 5.75 Å². The number of benzene rings is 2. The Morgan fingerprint density at radius 2 is 1.62 bits per heavy atom. The highest BCUT2D eigenvalue weighted by atomic mass is 32.2. The monoisotopic (exact) mass is 470 g/mol. The van der Waals surface area contributed by atoms with Crippen LogP contribution < -0.4 is 4.74 Å². The molecule has 1 heterocycles. The van der Waals surface area contributed by atoms with Gasteiger partial charge >= 0.3 is 6.18 Å². The summed E-state index contributed by atoms with van der Waals surface area (Å²) in [6.45, 7) is 3.03. The summed E-state index contributed by atoms with van der Waals surface area (Å²) in [5.74, 6) is -0.0189. The summed E-state index contributed by atoms with van der Waals surface area (Å²) in [7, 11) is -3.24. The zero-order valence-electron chi connectivity index (χ0n) is 17.6. The zero-order valence-corrected chi connectivity index (χ0v) is 18.5. The number of carbonyl (C=O) groups excluding carboxylic acids is 1. The van der Waals surface area contributed by atoms with Crippen LogP contribution in [0.25, 0.3) is 0 Å². The van der Waals surface area contributed by atoms with Crippen molar-refractivity contribution in [3.63, 3.8) is 0 Å². The lowest BCUT2D eigenvalue weighted by Crippen LogP contribution is -2.49. The number of hydrogen-bond acceptors (Lipinski definition) is 5. The van der Waals surface area contributed by atoms with E-state index in [1.165, 1.54) is 35.2 Å². The van der Waals surface area contributed by atoms with Crippen LogP contribution in [0.4, 0.5) is 13.2 Å². The number of sulfone groups is 1. The standard InChI is InChI=1S/C22H25F3N2O4S/c1-32(29,30)18-9-7-17(8-10-18)31-16-4-11-26-12-14-27(15-13-26)21(28)19-5-2-3-6-20(19)22(23,24)25/h2-3,5-10H,4,11-16H2,1H3. The maximum absolute atomic E-state index is 13.2. The maximum atomic E-state index is 13.2. The fraction of sp³-hybridized carbons (Fsp3) is 0.409. The van der Waals surface area contributed by atoms with Crippen LogP contribution in [0.5, 0.6) is 5.75 Å². The summed E-state index contributed by atoms with van der Waals surface area (Å²) in [4.78, 5) is 16.5. The second kappa shape index (κ2) is 9.91. The molecule has 0 unspecified atom stereocenters. The van der Waals surface area contributed by atoms with Gasteiger partial charge in [0.25, 0.3) is 5.91 Å². The van der Waals surface area contributed by atoms with Gasteiger partial charge in [0.2, 0.25) is 0 Å². The van der Waals surface area contributed by atoms with E-state index in [0.717, 1.165) is 25.3 Å². The molecule has 10 heteroatoms. The summed E-state index contributed by atoms with van der Waals surface area (Å²) in [6, 6.07) is 11.1. The molecule has 0 radical (unpaired) electrons. The van der Waals surface area contributed by atoms with Gasteiger partial charge in [-0.25, -0.2) is 8.42 Å². The van der Waals surface area contributed by atoms with Crippen LogP contribution in [-0.2, 0) is 16.0 Å². The van der Waals surface area contributed by atoms with E-state index in [9.17, 15) is 26.4 Å². The van der Waals surface area contributed by atoms with Gasteiger partial charge in [-0.2, -0.15) is 13.2 Å². The van der Waals surface area contributed by atoms with Gasteiger partial charge in [0.1, 0.15) is 5.75 Å². The largest absolute Gasteiger partial charge is 0.494 e. The van der Waals surface area contributed by atoms with Crippen molar-refractivity contribution in [2.45, 2.75) is 17.5 Å². The molecule has 1 aliphatic rings. The third-order valence-corrected chi connectivity index (χ3v) is 6.39. The Morgan fingerprint density at radius 1 is 1.00 bits per heavy atom. The topological polar surface area (TPSA) is 66.9 Å². The Morgan fingerprint density at radius 3 is 2.22 bits per heavy atom. The Kier molecular flexibility index (Phi) is 7.45. The minimum Gasteiger partial charge on any atom is -0.494 e. The average molecular weight is 471 g/mol. The number of alkyl halides is 3. The molecule has 1 amide bonds. The van der Waals surface area contributed by atoms with Gasteiger partial charge in [-0.3, -0.25) is 9.69 Å². The van der Waals surface area contributed by atoms with Gasteiger partial charge in [0, 0.05) is 39.0 Å². The summed E-state index contributed by atoms with van der Waals surface area (Å²) in [6.07, 6.45) is -2.71. The number of rotatable bonds is 7. The average Bonchev–Trinajstić information content (AvgIpc) is 2.76. The molecule has 3 rings (SSSR count). The van der Waals surface area contributed by atoms with Crippen molar-refractivity contribution in [2.24, 2.45) is 0 Å². The quantitative estimate of drug-likeness (QED) is 0.581. The van der Waals surface area contributed by atoms with Crippen molar-refractivity contribution >= 4 is 15.7 Å². The fourth-order valence-corrected chi connectivity index (χ4v) is 4.15. The van der Waals surface area contributed by atoms with E-state index in [2.05, 4.69) is 4.90 Å². The lowest BCUT2D eigenvalue weighted by atomic mass is 10.1. The van der Waals surface area contributed by atoms with Crippen LogP contribution in [0, 0.1) is 0 Å². The first-order chi connectivity index (χ1) is 15.1. The van der Waals surface area contributed by atoms with Gasteiger partial charge in [-0.05, 0) is 42.8 Å². The van der Waals surface area contributed by atoms with E-state index >= 15 is 0 Å². The van der Waals surface area contributed by atoms with Crippen LogP contribution >= 0.6 is 0 Å². The van der Waals surface area contributed by atoms with E-state index in [0.29, 0.717) is 38.5 Å². The van der Waals surface area contributed by atoms with E-state index in [-0.39, 0.29) is 10.5 Å². The minimum absolute atomic E-state index is 0.232. The molecular weight excluding hydrogens is 445 g/mol. The number of halogens is 3.